The molecular weight excluding hydrogens is 776 g/mol. The summed E-state index contributed by atoms with van der Waals surface area (Å²) in [4.78, 5) is 25.9. The minimum atomic E-state index is -1.32. The Bertz CT molecular complexity index is 2000. The fourth-order valence-corrected chi connectivity index (χ4v) is 10.5. The molecule has 0 amide bonds. The zero-order chi connectivity index (χ0) is 43.7. The number of hydrogen-bond donors (Lipinski definition) is 4. The lowest BCUT2D eigenvalue weighted by molar-refractivity contribution is -0.144. The van der Waals surface area contributed by atoms with Gasteiger partial charge in [-0.1, -0.05) is 62.5 Å². The Kier molecular flexibility index (Phi) is 11.9. The topological polar surface area (TPSA) is 197 Å². The average molecular weight is 837 g/mol. The molecule has 6 heterocycles. The largest absolute Gasteiger partial charge is 0.496 e. The second-order valence-electron chi connectivity index (χ2n) is 17.7. The molecular formula is C46H60O14. The zero-order valence-corrected chi connectivity index (χ0v) is 36.0. The van der Waals surface area contributed by atoms with Crippen LogP contribution in [0.5, 0.6) is 11.5 Å². The van der Waals surface area contributed by atoms with Crippen molar-refractivity contribution in [3.63, 3.8) is 0 Å². The average Bonchev–Trinajstić information content (AvgIpc) is 3.76. The molecule has 1 saturated carbocycles. The highest BCUT2D eigenvalue weighted by molar-refractivity contribution is 5.44. The van der Waals surface area contributed by atoms with Crippen LogP contribution in [0.25, 0.3) is 0 Å². The molecule has 0 radical (unpaired) electrons. The van der Waals surface area contributed by atoms with Crippen molar-refractivity contribution >= 4 is 0 Å². The Morgan fingerprint density at radius 2 is 0.967 bits per heavy atom. The van der Waals surface area contributed by atoms with Crippen LogP contribution in [0.2, 0.25) is 0 Å². The first-order valence-corrected chi connectivity index (χ1v) is 20.8. The van der Waals surface area contributed by atoms with Crippen molar-refractivity contribution < 1.29 is 57.7 Å². The van der Waals surface area contributed by atoms with E-state index in [2.05, 4.69) is 0 Å². The Labute approximate surface area is 350 Å². The number of allylic oxidation sites excluding steroid dienone is 6. The van der Waals surface area contributed by atoms with Crippen molar-refractivity contribution in [3.8, 4) is 11.5 Å². The third-order valence-electron chi connectivity index (χ3n) is 14.7. The Morgan fingerprint density at radius 1 is 0.617 bits per heavy atom. The van der Waals surface area contributed by atoms with E-state index in [0.29, 0.717) is 47.0 Å². The van der Waals surface area contributed by atoms with E-state index in [1.165, 1.54) is 26.4 Å². The van der Waals surface area contributed by atoms with Crippen molar-refractivity contribution in [2.24, 2.45) is 22.7 Å². The first kappa shape index (κ1) is 44.2. The highest BCUT2D eigenvalue weighted by Crippen LogP contribution is 2.61. The van der Waals surface area contributed by atoms with Crippen LogP contribution >= 0.6 is 0 Å². The fourth-order valence-electron chi connectivity index (χ4n) is 10.5. The molecule has 14 nitrogen and oxygen atoms in total. The molecule has 4 N–H and O–H groups in total. The molecule has 0 spiro atoms. The van der Waals surface area contributed by atoms with Gasteiger partial charge < -0.3 is 57.7 Å². The van der Waals surface area contributed by atoms with Gasteiger partial charge in [-0.05, 0) is 66.2 Å². The van der Waals surface area contributed by atoms with E-state index < -0.39 is 106 Å². The molecule has 5 aliphatic rings. The summed E-state index contributed by atoms with van der Waals surface area (Å²) in [6, 6.07) is 2.58. The summed E-state index contributed by atoms with van der Waals surface area (Å²) < 4.78 is 47.4. The summed E-state index contributed by atoms with van der Waals surface area (Å²) >= 11 is 0. The van der Waals surface area contributed by atoms with Crippen LogP contribution in [0.1, 0.15) is 88.9 Å². The number of hydrogen-bond acceptors (Lipinski definition) is 14. The van der Waals surface area contributed by atoms with Gasteiger partial charge in [-0.15, -0.1) is 0 Å². The Balaban J connectivity index is 1.23. The van der Waals surface area contributed by atoms with E-state index in [-0.39, 0.29) is 0 Å². The van der Waals surface area contributed by atoms with Crippen LogP contribution in [0.4, 0.5) is 0 Å². The van der Waals surface area contributed by atoms with E-state index >= 15 is 0 Å². The van der Waals surface area contributed by atoms with Gasteiger partial charge in [-0.25, -0.2) is 9.59 Å². The first-order chi connectivity index (χ1) is 28.3. The molecule has 60 heavy (non-hydrogen) atoms. The van der Waals surface area contributed by atoms with Gasteiger partial charge in [0.2, 0.25) is 0 Å². The van der Waals surface area contributed by atoms with Crippen LogP contribution in [0.3, 0.4) is 0 Å². The number of fused-ring (bicyclic) bond motifs is 2. The predicted molar refractivity (Wildman–Crippen MR) is 219 cm³/mol. The second kappa shape index (κ2) is 16.1. The fraction of sp³-hybridized carbons (Fsp3) is 0.609. The minimum Gasteiger partial charge on any atom is -0.496 e. The van der Waals surface area contributed by atoms with Crippen LogP contribution in [-0.2, 0) is 18.9 Å². The van der Waals surface area contributed by atoms with Crippen LogP contribution < -0.4 is 20.7 Å². The highest BCUT2D eigenvalue weighted by atomic mass is 16.7. The molecule has 0 unspecified atom stereocenters. The molecule has 4 saturated heterocycles. The van der Waals surface area contributed by atoms with Gasteiger partial charge in [-0.3, -0.25) is 0 Å². The summed E-state index contributed by atoms with van der Waals surface area (Å²) in [5.74, 6) is -0.237. The smallest absolute Gasteiger partial charge is 0.339 e. The summed E-state index contributed by atoms with van der Waals surface area (Å²) in [5, 5.41) is 45.7. The minimum absolute atomic E-state index is 0.365. The lowest BCUT2D eigenvalue weighted by Crippen LogP contribution is -2.54. The van der Waals surface area contributed by atoms with Crippen molar-refractivity contribution in [2.75, 3.05) is 14.2 Å². The van der Waals surface area contributed by atoms with Crippen LogP contribution in [0, 0.1) is 36.5 Å². The molecule has 4 aliphatic heterocycles. The zero-order valence-electron chi connectivity index (χ0n) is 36.0. The summed E-state index contributed by atoms with van der Waals surface area (Å²) in [6.07, 6.45) is 9.33. The number of methoxy groups -OCH3 is 2. The monoisotopic (exact) mass is 836 g/mol. The summed E-state index contributed by atoms with van der Waals surface area (Å²) in [5.41, 5.74) is -4.67. The molecule has 12 atom stereocenters. The number of rotatable bonds is 12. The normalized spacial score (nSPS) is 42.5. The maximum Gasteiger partial charge on any atom is 0.339 e. The third kappa shape index (κ3) is 6.61. The Morgan fingerprint density at radius 3 is 1.28 bits per heavy atom. The van der Waals surface area contributed by atoms with E-state index in [0.717, 1.165) is 0 Å². The molecule has 1 aliphatic carbocycles. The van der Waals surface area contributed by atoms with Crippen molar-refractivity contribution in [1.29, 1.82) is 0 Å². The van der Waals surface area contributed by atoms with E-state index in [1.807, 2.05) is 52.0 Å². The standard InChI is InChI=1S/C46H60O14/c1-11-31-45(7,51)43(5)39(49)27(55-41(43)57-31)19-15-13-17-25-35(37-23(3)29(53-9)21-33(47)59-37)26(36(25)38-24(4)30(54-10)22-34(48)60-38)18-14-16-20-28-40(50)44(6)42(56-28)58-32(12-2)46(44,8)52/h13-22,25-28,31-32,35-36,39-42,49-52H,11-12H2,1-10H3/b17-13+,18-14+,19-15+,20-16+/t25?,26?,27-,28-,31-,32-,35?,36?,39+,40+,41+,42+,43+,44+,45+,46+/m1/s1. The van der Waals surface area contributed by atoms with E-state index in [1.54, 1.807) is 52.0 Å². The molecule has 5 fully saturated rings. The van der Waals surface area contributed by atoms with Gasteiger partial charge in [0.15, 0.2) is 12.6 Å². The van der Waals surface area contributed by atoms with Crippen molar-refractivity contribution in [3.05, 3.63) is 104 Å². The molecule has 0 aromatic carbocycles. The number of ether oxygens (including phenoxy) is 6. The van der Waals surface area contributed by atoms with Gasteiger partial charge in [0.05, 0.1) is 61.6 Å². The number of aliphatic hydroxyl groups excluding tert-OH is 2. The first-order valence-electron chi connectivity index (χ1n) is 20.8. The van der Waals surface area contributed by atoms with Crippen LogP contribution in [0.15, 0.2) is 79.2 Å². The number of aliphatic hydroxyl groups is 4. The van der Waals surface area contributed by atoms with E-state index in [9.17, 15) is 30.0 Å². The quantitative estimate of drug-likeness (QED) is 0.212. The molecule has 7 rings (SSSR count). The van der Waals surface area contributed by atoms with Crippen LogP contribution in [-0.4, -0.2) is 95.1 Å². The molecule has 2 aromatic heterocycles. The highest BCUT2D eigenvalue weighted by Gasteiger charge is 2.70. The summed E-state index contributed by atoms with van der Waals surface area (Å²) in [7, 11) is 2.96. The second-order valence-corrected chi connectivity index (χ2v) is 17.7. The van der Waals surface area contributed by atoms with E-state index in [4.69, 9.17) is 37.3 Å². The van der Waals surface area contributed by atoms with Crippen molar-refractivity contribution in [2.45, 2.75) is 140 Å². The predicted octanol–water partition coefficient (Wildman–Crippen LogP) is 4.87. The lowest BCUT2D eigenvalue weighted by Gasteiger charge is -2.49. The SMILES string of the molecule is CC[C@H]1O[C@@H]2O[C@H](/C=C/C=C/C3C(c4oc(=O)cc(OC)c4C)C(/C=C/C=C/[C@H]4O[C@H]5O[C@H](CC)[C@](C)(O)[C@@]5(C)[C@H]4O)C3c3oc(=O)cc(OC)c3C)[C@H](O)[C@]2(C)[C@@]1(C)O. The van der Waals surface area contributed by atoms with Gasteiger partial charge in [0.25, 0.3) is 0 Å². The lowest BCUT2D eigenvalue weighted by atomic mass is 9.54. The molecule has 328 valence electrons. The summed E-state index contributed by atoms with van der Waals surface area (Å²) in [6.45, 7) is 14.4. The third-order valence-corrected chi connectivity index (χ3v) is 14.7. The Hall–Kier alpha value is -3.86. The maximum absolute atomic E-state index is 13.0. The molecule has 2 aromatic rings. The van der Waals surface area contributed by atoms with Crippen molar-refractivity contribution in [1.82, 2.24) is 0 Å². The van der Waals surface area contributed by atoms with Gasteiger partial charge >= 0.3 is 11.3 Å². The maximum atomic E-state index is 13.0. The van der Waals surface area contributed by atoms with Gasteiger partial charge in [-0.2, -0.15) is 0 Å². The van der Waals surface area contributed by atoms with Gasteiger partial charge in [0, 0.05) is 23.0 Å². The molecule has 14 heteroatoms. The molecule has 0 bridgehead atoms. The van der Waals surface area contributed by atoms with Gasteiger partial charge in [0.1, 0.15) is 46.4 Å².